The third kappa shape index (κ3) is 4.50. The topological polar surface area (TPSA) is 84.1 Å². The zero-order valence-electron chi connectivity index (χ0n) is 18.5. The standard InChI is InChI=1S/C24H26F3N5O/c1-14(16-4-3-5-17(22(16)25)23(26)27)31-19-6-9-29-20-13-30-21(12-18(19)20)24(28)7-10-32(11-8-24)15(2)33/h3-6,9,12-14,23H,7-8,10-11,28H2,1-2H3,(H,29,31)/t14-/m1/s1. The van der Waals surface area contributed by atoms with Crippen LogP contribution in [0.25, 0.3) is 10.9 Å². The summed E-state index contributed by atoms with van der Waals surface area (Å²) in [6, 6.07) is 7.06. The van der Waals surface area contributed by atoms with Gasteiger partial charge in [0.1, 0.15) is 5.82 Å². The number of fused-ring (bicyclic) bond motifs is 1. The average molecular weight is 458 g/mol. The number of halogens is 3. The van der Waals surface area contributed by atoms with Crippen molar-refractivity contribution in [3.63, 3.8) is 0 Å². The Morgan fingerprint density at radius 2 is 1.88 bits per heavy atom. The lowest BCUT2D eigenvalue weighted by molar-refractivity contribution is -0.130. The lowest BCUT2D eigenvalue weighted by Gasteiger charge is -2.38. The summed E-state index contributed by atoms with van der Waals surface area (Å²) in [7, 11) is 0. The molecule has 4 rings (SSSR count). The number of pyridine rings is 2. The molecule has 1 aliphatic rings. The van der Waals surface area contributed by atoms with Crippen LogP contribution in [-0.4, -0.2) is 33.9 Å². The number of carbonyl (C=O) groups is 1. The van der Waals surface area contributed by atoms with Gasteiger partial charge in [-0.05, 0) is 31.9 Å². The second-order valence-corrected chi connectivity index (χ2v) is 8.52. The monoisotopic (exact) mass is 457 g/mol. The molecule has 1 fully saturated rings. The van der Waals surface area contributed by atoms with Crippen molar-refractivity contribution in [2.75, 3.05) is 18.4 Å². The fourth-order valence-corrected chi connectivity index (χ4v) is 4.31. The fraction of sp³-hybridized carbons (Fsp3) is 0.375. The number of alkyl halides is 2. The van der Waals surface area contributed by atoms with Gasteiger partial charge in [0.05, 0.1) is 34.6 Å². The molecule has 1 saturated heterocycles. The number of likely N-dealkylation sites (tertiary alicyclic amines) is 1. The lowest BCUT2D eigenvalue weighted by Crippen LogP contribution is -2.49. The van der Waals surface area contributed by atoms with Crippen molar-refractivity contribution < 1.29 is 18.0 Å². The van der Waals surface area contributed by atoms with E-state index in [1.807, 2.05) is 6.07 Å². The van der Waals surface area contributed by atoms with Gasteiger partial charge in [-0.1, -0.05) is 18.2 Å². The molecular formula is C24H26F3N5O. The zero-order chi connectivity index (χ0) is 23.8. The van der Waals surface area contributed by atoms with Gasteiger partial charge in [0, 0.05) is 42.8 Å². The van der Waals surface area contributed by atoms with Gasteiger partial charge in [0.15, 0.2) is 0 Å². The SMILES string of the molecule is CC(=O)N1CCC(N)(c2cc3c(N[C@H](C)c4cccc(C(F)F)c4F)ccnc3cn2)CC1. The second kappa shape index (κ2) is 8.97. The Labute approximate surface area is 190 Å². The van der Waals surface area contributed by atoms with Gasteiger partial charge in [-0.15, -0.1) is 0 Å². The summed E-state index contributed by atoms with van der Waals surface area (Å²) in [6.45, 7) is 4.37. The first-order valence-electron chi connectivity index (χ1n) is 10.8. The number of hydrogen-bond donors (Lipinski definition) is 2. The third-order valence-corrected chi connectivity index (χ3v) is 6.37. The molecule has 0 bridgehead atoms. The van der Waals surface area contributed by atoms with Crippen LogP contribution < -0.4 is 11.1 Å². The van der Waals surface area contributed by atoms with Crippen LogP contribution in [0.2, 0.25) is 0 Å². The molecule has 0 saturated carbocycles. The first-order chi connectivity index (χ1) is 15.7. The first-order valence-corrected chi connectivity index (χ1v) is 10.8. The number of aromatic nitrogens is 2. The Kier molecular flexibility index (Phi) is 6.25. The Hall–Kier alpha value is -3.20. The molecule has 1 amide bonds. The summed E-state index contributed by atoms with van der Waals surface area (Å²) in [5, 5.41) is 3.98. The molecule has 33 heavy (non-hydrogen) atoms. The first kappa shape index (κ1) is 23.0. The number of rotatable bonds is 5. The van der Waals surface area contributed by atoms with E-state index in [2.05, 4.69) is 15.3 Å². The molecule has 174 valence electrons. The highest BCUT2D eigenvalue weighted by Gasteiger charge is 2.34. The molecule has 1 aromatic carbocycles. The highest BCUT2D eigenvalue weighted by molar-refractivity contribution is 5.91. The number of piperidine rings is 1. The Bertz CT molecular complexity index is 1180. The van der Waals surface area contributed by atoms with Crippen LogP contribution in [0.1, 0.15) is 56.0 Å². The Morgan fingerprint density at radius 1 is 1.18 bits per heavy atom. The van der Waals surface area contributed by atoms with Crippen molar-refractivity contribution in [2.24, 2.45) is 5.73 Å². The number of amides is 1. The van der Waals surface area contributed by atoms with E-state index in [0.717, 1.165) is 11.5 Å². The maximum absolute atomic E-state index is 14.6. The van der Waals surface area contributed by atoms with E-state index < -0.39 is 29.4 Å². The molecule has 3 heterocycles. The second-order valence-electron chi connectivity index (χ2n) is 8.52. The number of anilines is 1. The number of nitrogens with one attached hydrogen (secondary N) is 1. The molecule has 9 heteroatoms. The minimum atomic E-state index is -2.89. The van der Waals surface area contributed by atoms with Crippen molar-refractivity contribution in [1.82, 2.24) is 14.9 Å². The fourth-order valence-electron chi connectivity index (χ4n) is 4.31. The highest BCUT2D eigenvalue weighted by Crippen LogP contribution is 2.34. The number of benzene rings is 1. The number of carbonyl (C=O) groups excluding carboxylic acids is 1. The van der Waals surface area contributed by atoms with Crippen LogP contribution in [0.5, 0.6) is 0 Å². The molecule has 1 aliphatic heterocycles. The van der Waals surface area contributed by atoms with Crippen LogP contribution >= 0.6 is 0 Å². The summed E-state index contributed by atoms with van der Waals surface area (Å²) in [4.78, 5) is 22.3. The molecule has 0 unspecified atom stereocenters. The summed E-state index contributed by atoms with van der Waals surface area (Å²) in [5.41, 5.74) is 7.51. The van der Waals surface area contributed by atoms with Crippen LogP contribution in [0, 0.1) is 5.82 Å². The highest BCUT2D eigenvalue weighted by atomic mass is 19.3. The van der Waals surface area contributed by atoms with Crippen molar-refractivity contribution in [1.29, 1.82) is 0 Å². The van der Waals surface area contributed by atoms with E-state index in [-0.39, 0.29) is 11.5 Å². The zero-order valence-corrected chi connectivity index (χ0v) is 18.5. The van der Waals surface area contributed by atoms with Gasteiger partial charge >= 0.3 is 0 Å². The van der Waals surface area contributed by atoms with Crippen LogP contribution in [0.3, 0.4) is 0 Å². The molecule has 2 aromatic heterocycles. The number of nitrogens with zero attached hydrogens (tertiary/aromatic N) is 3. The molecular weight excluding hydrogens is 431 g/mol. The minimum absolute atomic E-state index is 0.0244. The largest absolute Gasteiger partial charge is 0.378 e. The van der Waals surface area contributed by atoms with Gasteiger partial charge in [-0.2, -0.15) is 0 Å². The van der Waals surface area contributed by atoms with E-state index in [0.29, 0.717) is 42.8 Å². The van der Waals surface area contributed by atoms with Gasteiger partial charge in [-0.25, -0.2) is 13.2 Å². The van der Waals surface area contributed by atoms with Crippen molar-refractivity contribution >= 4 is 22.5 Å². The lowest BCUT2D eigenvalue weighted by atomic mass is 9.84. The van der Waals surface area contributed by atoms with E-state index in [4.69, 9.17) is 5.73 Å². The summed E-state index contributed by atoms with van der Waals surface area (Å²) >= 11 is 0. The van der Waals surface area contributed by atoms with Crippen molar-refractivity contribution in [3.05, 3.63) is 65.4 Å². The predicted molar refractivity (Wildman–Crippen MR) is 120 cm³/mol. The molecule has 0 radical (unpaired) electrons. The summed E-state index contributed by atoms with van der Waals surface area (Å²) in [6.07, 6.45) is 1.52. The Morgan fingerprint density at radius 3 is 2.55 bits per heavy atom. The quantitative estimate of drug-likeness (QED) is 0.581. The molecule has 0 aliphatic carbocycles. The number of nitrogens with two attached hydrogens (primary N) is 1. The average Bonchev–Trinajstić information content (AvgIpc) is 2.79. The molecule has 6 nitrogen and oxygen atoms in total. The van der Waals surface area contributed by atoms with Crippen LogP contribution in [0.15, 0.2) is 42.7 Å². The minimum Gasteiger partial charge on any atom is -0.378 e. The van der Waals surface area contributed by atoms with Crippen LogP contribution in [-0.2, 0) is 10.3 Å². The molecule has 0 spiro atoms. The van der Waals surface area contributed by atoms with Gasteiger partial charge < -0.3 is 16.0 Å². The van der Waals surface area contributed by atoms with Gasteiger partial charge in [0.25, 0.3) is 6.43 Å². The van der Waals surface area contributed by atoms with E-state index in [1.165, 1.54) is 12.1 Å². The molecule has 3 aromatic rings. The normalized spacial score (nSPS) is 16.8. The van der Waals surface area contributed by atoms with E-state index in [9.17, 15) is 18.0 Å². The smallest absolute Gasteiger partial charge is 0.266 e. The third-order valence-electron chi connectivity index (χ3n) is 6.37. The van der Waals surface area contributed by atoms with Crippen molar-refractivity contribution in [2.45, 2.75) is 44.7 Å². The number of hydrogen-bond acceptors (Lipinski definition) is 5. The Balaban J connectivity index is 1.64. The van der Waals surface area contributed by atoms with Gasteiger partial charge in [0.2, 0.25) is 5.91 Å². The van der Waals surface area contributed by atoms with Crippen LogP contribution in [0.4, 0.5) is 18.9 Å². The predicted octanol–water partition coefficient (Wildman–Crippen LogP) is 4.68. The van der Waals surface area contributed by atoms with Gasteiger partial charge in [-0.3, -0.25) is 14.8 Å². The maximum Gasteiger partial charge on any atom is 0.266 e. The molecule has 1 atom stereocenters. The van der Waals surface area contributed by atoms with Crippen molar-refractivity contribution in [3.8, 4) is 0 Å². The maximum atomic E-state index is 14.6. The summed E-state index contributed by atoms with van der Waals surface area (Å²) in [5.74, 6) is -0.886. The summed E-state index contributed by atoms with van der Waals surface area (Å²) < 4.78 is 40.9. The molecule has 3 N–H and O–H groups in total. The van der Waals surface area contributed by atoms with E-state index in [1.54, 1.807) is 37.2 Å². The van der Waals surface area contributed by atoms with E-state index >= 15 is 0 Å².